The number of nitrogens with zero attached hydrogens (tertiary/aromatic N) is 4. The highest BCUT2D eigenvalue weighted by Crippen LogP contribution is 2.14. The molecule has 1 aromatic heterocycles. The zero-order valence-electron chi connectivity index (χ0n) is 9.46. The molecule has 16 heavy (non-hydrogen) atoms. The highest BCUT2D eigenvalue weighted by Gasteiger charge is 2.20. The third-order valence-electron chi connectivity index (χ3n) is 2.85. The van der Waals surface area contributed by atoms with Crippen LogP contribution in [0, 0.1) is 0 Å². The molecule has 1 aromatic rings. The van der Waals surface area contributed by atoms with Gasteiger partial charge in [-0.2, -0.15) is 0 Å². The minimum Gasteiger partial charge on any atom is -0.324 e. The van der Waals surface area contributed by atoms with Crippen molar-refractivity contribution in [3.05, 3.63) is 18.7 Å². The summed E-state index contributed by atoms with van der Waals surface area (Å²) in [4.78, 5) is 23.4. The summed E-state index contributed by atoms with van der Waals surface area (Å²) < 4.78 is 0. The molecule has 1 fully saturated rings. The van der Waals surface area contributed by atoms with E-state index in [0.29, 0.717) is 0 Å². The van der Waals surface area contributed by atoms with Gasteiger partial charge in [0.1, 0.15) is 6.33 Å². The summed E-state index contributed by atoms with van der Waals surface area (Å²) in [5.74, 6) is 0. The number of hydrogen-bond donors (Lipinski definition) is 0. The Morgan fingerprint density at radius 2 is 1.88 bits per heavy atom. The number of urea groups is 1. The fraction of sp³-hybridized carbons (Fsp3) is 0.545. The van der Waals surface area contributed by atoms with Crippen molar-refractivity contribution in [3.63, 3.8) is 0 Å². The Morgan fingerprint density at radius 3 is 2.50 bits per heavy atom. The summed E-state index contributed by atoms with van der Waals surface area (Å²) in [7, 11) is 1.76. The molecule has 5 heteroatoms. The molecule has 5 nitrogen and oxygen atoms in total. The van der Waals surface area contributed by atoms with Crippen molar-refractivity contribution < 1.29 is 4.79 Å². The topological polar surface area (TPSA) is 49.3 Å². The van der Waals surface area contributed by atoms with Gasteiger partial charge in [0.05, 0.1) is 18.1 Å². The second-order valence-electron chi connectivity index (χ2n) is 3.99. The van der Waals surface area contributed by atoms with Crippen molar-refractivity contribution in [2.75, 3.05) is 25.0 Å². The molecule has 0 radical (unpaired) electrons. The molecule has 1 aliphatic heterocycles. The average molecular weight is 220 g/mol. The van der Waals surface area contributed by atoms with Crippen LogP contribution in [0.25, 0.3) is 0 Å². The molecule has 1 aliphatic rings. The standard InChI is InChI=1S/C11H16N4O/c1-14(10-7-12-9-13-8-10)11(16)15-5-3-2-4-6-15/h7-9H,2-6H2,1H3. The molecule has 1 saturated heterocycles. The number of hydrogen-bond acceptors (Lipinski definition) is 3. The molecule has 0 aromatic carbocycles. The number of rotatable bonds is 1. The van der Waals surface area contributed by atoms with Crippen molar-refractivity contribution in [3.8, 4) is 0 Å². The smallest absolute Gasteiger partial charge is 0.324 e. The van der Waals surface area contributed by atoms with Gasteiger partial charge in [0.25, 0.3) is 0 Å². The monoisotopic (exact) mass is 220 g/mol. The molecule has 0 saturated carbocycles. The van der Waals surface area contributed by atoms with Crippen molar-refractivity contribution in [2.45, 2.75) is 19.3 Å². The minimum absolute atomic E-state index is 0.0366. The summed E-state index contributed by atoms with van der Waals surface area (Å²) >= 11 is 0. The number of amides is 2. The van der Waals surface area contributed by atoms with E-state index in [4.69, 9.17) is 0 Å². The summed E-state index contributed by atoms with van der Waals surface area (Å²) in [5, 5.41) is 0. The van der Waals surface area contributed by atoms with E-state index in [0.717, 1.165) is 31.6 Å². The Morgan fingerprint density at radius 1 is 1.25 bits per heavy atom. The van der Waals surface area contributed by atoms with Crippen LogP contribution >= 0.6 is 0 Å². The van der Waals surface area contributed by atoms with E-state index in [1.165, 1.54) is 12.7 Å². The van der Waals surface area contributed by atoms with Crippen LogP contribution < -0.4 is 4.90 Å². The first kappa shape index (κ1) is 10.9. The molecular formula is C11H16N4O. The number of carbonyl (C=O) groups excluding carboxylic acids is 1. The predicted octanol–water partition coefficient (Wildman–Crippen LogP) is 1.52. The third kappa shape index (κ3) is 2.29. The molecule has 2 amide bonds. The maximum atomic E-state index is 12.1. The highest BCUT2D eigenvalue weighted by atomic mass is 16.2. The van der Waals surface area contributed by atoms with Crippen LogP contribution in [0.3, 0.4) is 0 Å². The number of anilines is 1. The lowest BCUT2D eigenvalue weighted by Crippen LogP contribution is -2.43. The first-order chi connectivity index (χ1) is 7.79. The summed E-state index contributed by atoms with van der Waals surface area (Å²) in [6.07, 6.45) is 8.18. The number of likely N-dealkylation sites (tertiary alicyclic amines) is 1. The predicted molar refractivity (Wildman–Crippen MR) is 61.3 cm³/mol. The summed E-state index contributed by atoms with van der Waals surface area (Å²) in [5.41, 5.74) is 0.734. The summed E-state index contributed by atoms with van der Waals surface area (Å²) in [6.45, 7) is 1.72. The number of piperidine rings is 1. The van der Waals surface area contributed by atoms with E-state index in [-0.39, 0.29) is 6.03 Å². The van der Waals surface area contributed by atoms with Gasteiger partial charge in [0, 0.05) is 20.1 Å². The van der Waals surface area contributed by atoms with Crippen molar-refractivity contribution in [1.82, 2.24) is 14.9 Å². The van der Waals surface area contributed by atoms with Gasteiger partial charge in [0.2, 0.25) is 0 Å². The molecule has 0 unspecified atom stereocenters. The van der Waals surface area contributed by atoms with Gasteiger partial charge in [0.15, 0.2) is 0 Å². The molecular weight excluding hydrogens is 204 g/mol. The molecule has 0 bridgehead atoms. The Bertz CT molecular complexity index is 348. The van der Waals surface area contributed by atoms with Crippen LogP contribution in [-0.2, 0) is 0 Å². The maximum absolute atomic E-state index is 12.1. The molecule has 0 aliphatic carbocycles. The Kier molecular flexibility index (Phi) is 3.34. The van der Waals surface area contributed by atoms with E-state index >= 15 is 0 Å². The van der Waals surface area contributed by atoms with Gasteiger partial charge in [-0.05, 0) is 19.3 Å². The lowest BCUT2D eigenvalue weighted by Gasteiger charge is -2.30. The quantitative estimate of drug-likeness (QED) is 0.721. The van der Waals surface area contributed by atoms with Crippen LogP contribution in [0.5, 0.6) is 0 Å². The minimum atomic E-state index is 0.0366. The zero-order chi connectivity index (χ0) is 11.4. The zero-order valence-corrected chi connectivity index (χ0v) is 9.46. The Labute approximate surface area is 95.1 Å². The van der Waals surface area contributed by atoms with Crippen LogP contribution in [-0.4, -0.2) is 41.0 Å². The molecule has 0 spiro atoms. The van der Waals surface area contributed by atoms with E-state index in [1.54, 1.807) is 24.3 Å². The molecule has 2 heterocycles. The van der Waals surface area contributed by atoms with Gasteiger partial charge in [-0.3, -0.25) is 4.90 Å². The average Bonchev–Trinajstić information content (AvgIpc) is 2.39. The van der Waals surface area contributed by atoms with E-state index < -0.39 is 0 Å². The second-order valence-corrected chi connectivity index (χ2v) is 3.99. The summed E-state index contributed by atoms with van der Waals surface area (Å²) in [6, 6.07) is 0.0366. The lowest BCUT2D eigenvalue weighted by atomic mass is 10.1. The molecule has 0 N–H and O–H groups in total. The van der Waals surface area contributed by atoms with Crippen LogP contribution in [0.1, 0.15) is 19.3 Å². The Hall–Kier alpha value is -1.65. The van der Waals surface area contributed by atoms with Gasteiger partial charge >= 0.3 is 6.03 Å². The molecule has 2 rings (SSSR count). The fourth-order valence-corrected chi connectivity index (χ4v) is 1.87. The fourth-order valence-electron chi connectivity index (χ4n) is 1.87. The molecule has 86 valence electrons. The van der Waals surface area contributed by atoms with Gasteiger partial charge in [-0.25, -0.2) is 14.8 Å². The van der Waals surface area contributed by atoms with Crippen molar-refractivity contribution >= 4 is 11.7 Å². The first-order valence-corrected chi connectivity index (χ1v) is 5.56. The molecule has 0 atom stereocenters. The first-order valence-electron chi connectivity index (χ1n) is 5.56. The number of carbonyl (C=O) groups is 1. The van der Waals surface area contributed by atoms with E-state index in [1.807, 2.05) is 4.90 Å². The van der Waals surface area contributed by atoms with Crippen molar-refractivity contribution in [2.24, 2.45) is 0 Å². The second kappa shape index (κ2) is 4.92. The largest absolute Gasteiger partial charge is 0.324 e. The van der Waals surface area contributed by atoms with Crippen LogP contribution in [0.15, 0.2) is 18.7 Å². The van der Waals surface area contributed by atoms with Gasteiger partial charge in [-0.1, -0.05) is 0 Å². The van der Waals surface area contributed by atoms with E-state index in [9.17, 15) is 4.79 Å². The van der Waals surface area contributed by atoms with Crippen LogP contribution in [0.4, 0.5) is 10.5 Å². The SMILES string of the molecule is CN(C(=O)N1CCCCC1)c1cncnc1. The Balaban J connectivity index is 2.04. The van der Waals surface area contributed by atoms with Crippen LogP contribution in [0.2, 0.25) is 0 Å². The van der Waals surface area contributed by atoms with Crippen molar-refractivity contribution in [1.29, 1.82) is 0 Å². The third-order valence-corrected chi connectivity index (χ3v) is 2.85. The highest BCUT2D eigenvalue weighted by molar-refractivity contribution is 5.91. The normalized spacial score (nSPS) is 15.9. The number of aromatic nitrogens is 2. The van der Waals surface area contributed by atoms with E-state index in [2.05, 4.69) is 9.97 Å². The van der Waals surface area contributed by atoms with Gasteiger partial charge in [-0.15, -0.1) is 0 Å². The lowest BCUT2D eigenvalue weighted by molar-refractivity contribution is 0.194. The van der Waals surface area contributed by atoms with Gasteiger partial charge < -0.3 is 4.90 Å². The maximum Gasteiger partial charge on any atom is 0.324 e.